The molecule has 1 heterocycles. The van der Waals surface area contributed by atoms with Gasteiger partial charge in [0.05, 0.1) is 11.6 Å². The molecule has 0 aliphatic carbocycles. The third-order valence-corrected chi connectivity index (χ3v) is 5.94. The molecular formula is C26H27ClN2O2. The minimum Gasteiger partial charge on any atom is -0.455 e. The number of piperidine rings is 1. The molecule has 31 heavy (non-hydrogen) atoms. The van der Waals surface area contributed by atoms with Gasteiger partial charge in [0.1, 0.15) is 5.75 Å². The number of amides is 1. The topological polar surface area (TPSA) is 41.6 Å². The van der Waals surface area contributed by atoms with Gasteiger partial charge in [-0.3, -0.25) is 9.69 Å². The molecule has 1 fully saturated rings. The predicted octanol–water partition coefficient (Wildman–Crippen LogP) is 6.29. The monoisotopic (exact) mass is 434 g/mol. The largest absolute Gasteiger partial charge is 0.455 e. The predicted molar refractivity (Wildman–Crippen MR) is 126 cm³/mol. The van der Waals surface area contributed by atoms with Crippen molar-refractivity contribution >= 4 is 23.2 Å². The third-order valence-electron chi connectivity index (χ3n) is 5.70. The smallest absolute Gasteiger partial charge is 0.228 e. The minimum absolute atomic E-state index is 0.00895. The van der Waals surface area contributed by atoms with Gasteiger partial charge in [-0.25, -0.2) is 0 Å². The van der Waals surface area contributed by atoms with E-state index in [0.717, 1.165) is 32.5 Å². The number of nitrogens with zero attached hydrogens (tertiary/aromatic N) is 1. The van der Waals surface area contributed by atoms with E-state index in [1.165, 1.54) is 11.1 Å². The average molecular weight is 435 g/mol. The Labute approximate surface area is 188 Å². The van der Waals surface area contributed by atoms with E-state index in [1.807, 2.05) is 30.3 Å². The Morgan fingerprint density at radius 3 is 2.68 bits per heavy atom. The maximum absolute atomic E-state index is 13.1. The molecule has 1 amide bonds. The van der Waals surface area contributed by atoms with Gasteiger partial charge in [0.2, 0.25) is 5.91 Å². The average Bonchev–Trinajstić information content (AvgIpc) is 2.78. The normalized spacial score (nSPS) is 16.6. The summed E-state index contributed by atoms with van der Waals surface area (Å²) in [5, 5.41) is 3.62. The molecule has 1 saturated heterocycles. The van der Waals surface area contributed by atoms with E-state index in [-0.39, 0.29) is 11.8 Å². The molecule has 0 spiro atoms. The molecule has 4 nitrogen and oxygen atoms in total. The van der Waals surface area contributed by atoms with E-state index in [4.69, 9.17) is 16.3 Å². The maximum Gasteiger partial charge on any atom is 0.228 e. The van der Waals surface area contributed by atoms with E-state index in [1.54, 1.807) is 18.2 Å². The molecule has 1 aliphatic rings. The van der Waals surface area contributed by atoms with Gasteiger partial charge in [-0.1, -0.05) is 54.1 Å². The van der Waals surface area contributed by atoms with Crippen molar-refractivity contribution in [2.45, 2.75) is 26.3 Å². The number of ether oxygens (including phenoxy) is 1. The first-order valence-electron chi connectivity index (χ1n) is 10.7. The molecule has 1 atom stereocenters. The van der Waals surface area contributed by atoms with E-state index >= 15 is 0 Å². The molecule has 3 aromatic carbocycles. The summed E-state index contributed by atoms with van der Waals surface area (Å²) in [5.74, 6) is 1.23. The van der Waals surface area contributed by atoms with Crippen molar-refractivity contribution in [3.8, 4) is 11.5 Å². The summed E-state index contributed by atoms with van der Waals surface area (Å²) in [6.07, 6.45) is 1.89. The Morgan fingerprint density at radius 1 is 1.10 bits per heavy atom. The quantitative estimate of drug-likeness (QED) is 0.495. The molecule has 1 N–H and O–H groups in total. The van der Waals surface area contributed by atoms with Crippen LogP contribution in [0.4, 0.5) is 5.69 Å². The Hall–Kier alpha value is -2.82. The highest BCUT2D eigenvalue weighted by Gasteiger charge is 2.26. The molecule has 4 rings (SSSR count). The summed E-state index contributed by atoms with van der Waals surface area (Å²) in [6, 6.07) is 23.2. The van der Waals surface area contributed by atoms with E-state index < -0.39 is 0 Å². The molecule has 3 aromatic rings. The van der Waals surface area contributed by atoms with Gasteiger partial charge in [-0.05, 0) is 67.8 Å². The standard InChI is InChI=1S/C26H27ClN2O2/c1-19-8-5-6-9-20(19)17-29-15-7-10-21(18-29)26(30)28-24-16-22(27)13-14-25(24)31-23-11-3-2-4-12-23/h2-6,8-9,11-14,16,21H,7,10,15,17-18H2,1H3,(H,28,30). The highest BCUT2D eigenvalue weighted by Crippen LogP contribution is 2.33. The Kier molecular flexibility index (Phi) is 6.90. The van der Waals surface area contributed by atoms with Crippen LogP contribution < -0.4 is 10.1 Å². The van der Waals surface area contributed by atoms with Crippen molar-refractivity contribution in [2.75, 3.05) is 18.4 Å². The number of carbonyl (C=O) groups is 1. The summed E-state index contributed by atoms with van der Waals surface area (Å²) in [6.45, 7) is 4.76. The van der Waals surface area contributed by atoms with Crippen LogP contribution in [0.5, 0.6) is 11.5 Å². The zero-order valence-corrected chi connectivity index (χ0v) is 18.4. The van der Waals surface area contributed by atoms with Gasteiger partial charge in [0.25, 0.3) is 0 Å². The minimum atomic E-state index is -0.0682. The lowest BCUT2D eigenvalue weighted by molar-refractivity contribution is -0.121. The molecular weight excluding hydrogens is 408 g/mol. The summed E-state index contributed by atoms with van der Waals surface area (Å²) in [5.41, 5.74) is 3.20. The van der Waals surface area contributed by atoms with Crippen molar-refractivity contribution in [3.63, 3.8) is 0 Å². The second-order valence-electron chi connectivity index (χ2n) is 8.05. The van der Waals surface area contributed by atoms with Gasteiger partial charge in [0.15, 0.2) is 5.75 Å². The highest BCUT2D eigenvalue weighted by molar-refractivity contribution is 6.31. The summed E-state index contributed by atoms with van der Waals surface area (Å²) in [4.78, 5) is 15.5. The summed E-state index contributed by atoms with van der Waals surface area (Å²) < 4.78 is 5.98. The van der Waals surface area contributed by atoms with Crippen LogP contribution in [0.25, 0.3) is 0 Å². The van der Waals surface area contributed by atoms with Crippen molar-refractivity contribution < 1.29 is 9.53 Å². The number of carbonyl (C=O) groups excluding carboxylic acids is 1. The number of hydrogen-bond donors (Lipinski definition) is 1. The Morgan fingerprint density at radius 2 is 1.87 bits per heavy atom. The van der Waals surface area contributed by atoms with E-state index in [9.17, 15) is 4.79 Å². The second-order valence-corrected chi connectivity index (χ2v) is 8.48. The van der Waals surface area contributed by atoms with Gasteiger partial charge in [-0.15, -0.1) is 0 Å². The van der Waals surface area contributed by atoms with E-state index in [2.05, 4.69) is 41.4 Å². The first-order valence-corrected chi connectivity index (χ1v) is 11.1. The van der Waals surface area contributed by atoms with Gasteiger partial charge in [-0.2, -0.15) is 0 Å². The van der Waals surface area contributed by atoms with Crippen LogP contribution in [0.15, 0.2) is 72.8 Å². The molecule has 0 radical (unpaired) electrons. The van der Waals surface area contributed by atoms with Gasteiger partial charge >= 0.3 is 0 Å². The maximum atomic E-state index is 13.1. The van der Waals surface area contributed by atoms with Crippen LogP contribution >= 0.6 is 11.6 Å². The fourth-order valence-corrected chi connectivity index (χ4v) is 4.15. The number of hydrogen-bond acceptors (Lipinski definition) is 3. The fourth-order valence-electron chi connectivity index (χ4n) is 3.98. The van der Waals surface area contributed by atoms with Crippen molar-refractivity contribution in [1.82, 2.24) is 4.90 Å². The number of benzene rings is 3. The molecule has 0 aromatic heterocycles. The first-order chi connectivity index (χ1) is 15.1. The number of anilines is 1. The second kappa shape index (κ2) is 9.99. The van der Waals surface area contributed by atoms with Crippen LogP contribution in [0.3, 0.4) is 0 Å². The van der Waals surface area contributed by atoms with Crippen LogP contribution in [0.1, 0.15) is 24.0 Å². The van der Waals surface area contributed by atoms with Crippen LogP contribution in [-0.2, 0) is 11.3 Å². The van der Waals surface area contributed by atoms with E-state index in [0.29, 0.717) is 22.2 Å². The molecule has 5 heteroatoms. The van der Waals surface area contributed by atoms with Crippen LogP contribution in [0.2, 0.25) is 5.02 Å². The lowest BCUT2D eigenvalue weighted by atomic mass is 9.96. The zero-order valence-electron chi connectivity index (χ0n) is 17.7. The number of rotatable bonds is 6. The number of nitrogens with one attached hydrogen (secondary N) is 1. The van der Waals surface area contributed by atoms with Crippen molar-refractivity contribution in [2.24, 2.45) is 5.92 Å². The summed E-state index contributed by atoms with van der Waals surface area (Å²) >= 11 is 6.20. The lowest BCUT2D eigenvalue weighted by Crippen LogP contribution is -2.40. The lowest BCUT2D eigenvalue weighted by Gasteiger charge is -2.32. The number of halogens is 1. The third kappa shape index (κ3) is 5.66. The summed E-state index contributed by atoms with van der Waals surface area (Å²) in [7, 11) is 0. The number of likely N-dealkylation sites (tertiary alicyclic amines) is 1. The molecule has 160 valence electrons. The van der Waals surface area contributed by atoms with Gasteiger partial charge < -0.3 is 10.1 Å². The van der Waals surface area contributed by atoms with Gasteiger partial charge in [0, 0.05) is 18.1 Å². The fraction of sp³-hybridized carbons (Fsp3) is 0.269. The van der Waals surface area contributed by atoms with Crippen LogP contribution in [-0.4, -0.2) is 23.9 Å². The van der Waals surface area contributed by atoms with Crippen LogP contribution in [0, 0.1) is 12.8 Å². The molecule has 0 bridgehead atoms. The zero-order chi connectivity index (χ0) is 21.6. The SMILES string of the molecule is Cc1ccccc1CN1CCCC(C(=O)Nc2cc(Cl)ccc2Oc2ccccc2)C1. The first kappa shape index (κ1) is 21.4. The number of para-hydroxylation sites is 1. The Balaban J connectivity index is 1.44. The highest BCUT2D eigenvalue weighted by atomic mass is 35.5. The molecule has 1 unspecified atom stereocenters. The Bertz CT molecular complexity index is 1040. The van der Waals surface area contributed by atoms with Crippen molar-refractivity contribution in [1.29, 1.82) is 0 Å². The molecule has 1 aliphatic heterocycles. The number of aryl methyl sites for hydroxylation is 1. The van der Waals surface area contributed by atoms with Crippen molar-refractivity contribution in [3.05, 3.63) is 88.9 Å². The molecule has 0 saturated carbocycles.